The van der Waals surface area contributed by atoms with Crippen LogP contribution in [0, 0.1) is 11.8 Å². The van der Waals surface area contributed by atoms with Gasteiger partial charge in [0, 0.05) is 85.7 Å². The van der Waals surface area contributed by atoms with Crippen LogP contribution >= 0.6 is 22.7 Å². The van der Waals surface area contributed by atoms with E-state index in [1.54, 1.807) is 0 Å². The molecule has 2 aliphatic rings. The number of nitrogens with zero attached hydrogens (tertiary/aromatic N) is 2. The summed E-state index contributed by atoms with van der Waals surface area (Å²) in [5, 5.41) is 7.86. The van der Waals surface area contributed by atoms with Gasteiger partial charge in [-0.1, -0.05) is 127 Å². The zero-order valence-corrected chi connectivity index (χ0v) is 34.1. The van der Waals surface area contributed by atoms with Crippen molar-refractivity contribution in [1.29, 1.82) is 0 Å². The Hall–Kier alpha value is -6.98. The van der Waals surface area contributed by atoms with E-state index < -0.39 is 0 Å². The van der Waals surface area contributed by atoms with E-state index in [4.69, 9.17) is 0 Å². The van der Waals surface area contributed by atoms with Gasteiger partial charge < -0.3 is 9.47 Å². The van der Waals surface area contributed by atoms with Crippen molar-refractivity contribution in [3.05, 3.63) is 218 Å². The fourth-order valence-electron chi connectivity index (χ4n) is 9.80. The van der Waals surface area contributed by atoms with Crippen LogP contribution in [0.15, 0.2) is 212 Å². The predicted octanol–water partition coefficient (Wildman–Crippen LogP) is 16.1. The van der Waals surface area contributed by atoms with Crippen molar-refractivity contribution in [1.82, 2.24) is 4.57 Å². The van der Waals surface area contributed by atoms with E-state index in [0.717, 1.165) is 17.1 Å². The molecule has 0 amide bonds. The molecule has 60 heavy (non-hydrogen) atoms. The average Bonchev–Trinajstić information content (AvgIpc) is 3.96. The summed E-state index contributed by atoms with van der Waals surface area (Å²) in [5.74, 6) is 0.683. The number of hydrogen-bond acceptors (Lipinski definition) is 3. The van der Waals surface area contributed by atoms with Crippen LogP contribution < -0.4 is 4.90 Å². The van der Waals surface area contributed by atoms with E-state index >= 15 is 0 Å². The zero-order chi connectivity index (χ0) is 39.3. The minimum absolute atomic E-state index is 0.325. The van der Waals surface area contributed by atoms with E-state index in [2.05, 4.69) is 216 Å². The van der Waals surface area contributed by atoms with Crippen molar-refractivity contribution < 1.29 is 0 Å². The summed E-state index contributed by atoms with van der Waals surface area (Å²) in [6, 6.07) is 67.2. The number of aromatic nitrogens is 1. The van der Waals surface area contributed by atoms with E-state index in [1.165, 1.54) is 90.1 Å². The van der Waals surface area contributed by atoms with E-state index in [9.17, 15) is 0 Å². The molecule has 0 saturated heterocycles. The maximum atomic E-state index is 2.48. The Labute approximate surface area is 355 Å². The smallest absolute Gasteiger partial charge is 0.0561 e. The third-order valence-corrected chi connectivity index (χ3v) is 15.0. The van der Waals surface area contributed by atoms with Crippen LogP contribution in [-0.4, -0.2) is 4.57 Å². The van der Waals surface area contributed by atoms with Crippen LogP contribution in [0.2, 0.25) is 0 Å². The lowest BCUT2D eigenvalue weighted by molar-refractivity contribution is 0.621. The lowest BCUT2D eigenvalue weighted by Crippen LogP contribution is -2.26. The molecular formula is C56H36N2S2. The topological polar surface area (TPSA) is 8.17 Å². The van der Waals surface area contributed by atoms with Gasteiger partial charge in [0.05, 0.1) is 11.0 Å². The van der Waals surface area contributed by atoms with Crippen molar-refractivity contribution in [3.63, 3.8) is 0 Å². The maximum absolute atomic E-state index is 2.48. The lowest BCUT2D eigenvalue weighted by Gasteiger charge is -2.38. The van der Waals surface area contributed by atoms with Crippen molar-refractivity contribution in [3.8, 4) is 16.8 Å². The Morgan fingerprint density at radius 2 is 1.03 bits per heavy atom. The summed E-state index contributed by atoms with van der Waals surface area (Å²) < 4.78 is 7.78. The molecule has 3 heterocycles. The Morgan fingerprint density at radius 1 is 0.417 bits per heavy atom. The number of hydrogen-bond donors (Lipinski definition) is 0. The quantitative estimate of drug-likeness (QED) is 0.163. The molecule has 3 aromatic heterocycles. The Kier molecular flexibility index (Phi) is 7.51. The maximum Gasteiger partial charge on any atom is 0.0561 e. The highest BCUT2D eigenvalue weighted by Gasteiger charge is 2.34. The Bertz CT molecular complexity index is 3610. The highest BCUT2D eigenvalue weighted by molar-refractivity contribution is 7.26. The van der Waals surface area contributed by atoms with Gasteiger partial charge >= 0.3 is 0 Å². The van der Waals surface area contributed by atoms with Crippen LogP contribution in [0.5, 0.6) is 0 Å². The average molecular weight is 801 g/mol. The number of rotatable bonds is 6. The molecule has 4 heteroatoms. The SMILES string of the molecule is C1=CC2C(c3ccc4c(c3)sc3ccccc34)=CC2C=C1N(c1ccc(-c2ccc3sc4ccccc4c3c2)cc1)c1ccc2c3ccccc3n(-c3ccccc3)c2c1. The number of allylic oxidation sites excluding steroid dienone is 5. The fraction of sp³-hybridized carbons (Fsp3) is 0.0357. The van der Waals surface area contributed by atoms with Gasteiger partial charge in [0.1, 0.15) is 0 Å². The summed E-state index contributed by atoms with van der Waals surface area (Å²) >= 11 is 3.76. The highest BCUT2D eigenvalue weighted by atomic mass is 32.1. The zero-order valence-electron chi connectivity index (χ0n) is 32.5. The molecule has 11 aromatic rings. The van der Waals surface area contributed by atoms with Crippen LogP contribution in [-0.2, 0) is 0 Å². The molecule has 2 aliphatic carbocycles. The first kappa shape index (κ1) is 33.9. The molecule has 0 radical (unpaired) electrons. The van der Waals surface area contributed by atoms with Crippen LogP contribution in [0.1, 0.15) is 5.56 Å². The summed E-state index contributed by atoms with van der Waals surface area (Å²) in [5.41, 5.74) is 12.2. The first-order valence-electron chi connectivity index (χ1n) is 20.7. The number of anilines is 2. The Morgan fingerprint density at radius 3 is 1.85 bits per heavy atom. The minimum atomic E-state index is 0.325. The summed E-state index contributed by atoms with van der Waals surface area (Å²) in [6.07, 6.45) is 9.75. The fourth-order valence-corrected chi connectivity index (χ4v) is 12.0. The lowest BCUT2D eigenvalue weighted by atomic mass is 9.69. The highest BCUT2D eigenvalue weighted by Crippen LogP contribution is 2.48. The number of fused-ring (bicyclic) bond motifs is 10. The van der Waals surface area contributed by atoms with Gasteiger partial charge in [0.2, 0.25) is 0 Å². The molecule has 13 rings (SSSR count). The molecule has 2 nitrogen and oxygen atoms in total. The van der Waals surface area contributed by atoms with Crippen molar-refractivity contribution in [2.24, 2.45) is 11.8 Å². The molecule has 282 valence electrons. The van der Waals surface area contributed by atoms with Gasteiger partial charge in [-0.25, -0.2) is 0 Å². The molecule has 0 fully saturated rings. The van der Waals surface area contributed by atoms with Gasteiger partial charge in [0.25, 0.3) is 0 Å². The van der Waals surface area contributed by atoms with Crippen LogP contribution in [0.4, 0.5) is 11.4 Å². The molecule has 0 saturated carbocycles. The standard InChI is InChI=1S/C56H36N2S2/c1-2-10-39(11-3-1)58-51-15-7-4-12-44(51)45-28-25-42(34-52(45)58)57(40-22-18-35(19-23-40)36-21-29-55-50(31-36)47-14-6-9-17-54(47)59-55)41-24-27-43-38(30-41)32-49(43)37-20-26-48-46-13-5-8-16-53(46)60-56(48)33-37/h1-34,38,43H. The van der Waals surface area contributed by atoms with Crippen molar-refractivity contribution >= 4 is 102 Å². The molecule has 0 N–H and O–H groups in total. The van der Waals surface area contributed by atoms with Gasteiger partial charge in [0.15, 0.2) is 0 Å². The second-order valence-electron chi connectivity index (χ2n) is 16.1. The second kappa shape index (κ2) is 13.3. The van der Waals surface area contributed by atoms with Crippen LogP contribution in [0.25, 0.3) is 84.5 Å². The van der Waals surface area contributed by atoms with Gasteiger partial charge in [-0.15, -0.1) is 22.7 Å². The molecule has 2 atom stereocenters. The third-order valence-electron chi connectivity index (χ3n) is 12.7. The van der Waals surface area contributed by atoms with E-state index in [1.807, 2.05) is 22.7 Å². The van der Waals surface area contributed by atoms with Crippen molar-refractivity contribution in [2.75, 3.05) is 4.90 Å². The molecule has 0 bridgehead atoms. The number of para-hydroxylation sites is 2. The molecular weight excluding hydrogens is 765 g/mol. The largest absolute Gasteiger partial charge is 0.311 e. The molecule has 0 aliphatic heterocycles. The minimum Gasteiger partial charge on any atom is -0.311 e. The second-order valence-corrected chi connectivity index (χ2v) is 18.2. The first-order chi connectivity index (χ1) is 29.7. The Balaban J connectivity index is 0.923. The van der Waals surface area contributed by atoms with E-state index in [-0.39, 0.29) is 0 Å². The van der Waals surface area contributed by atoms with Crippen molar-refractivity contribution in [2.45, 2.75) is 0 Å². The third kappa shape index (κ3) is 5.24. The predicted molar refractivity (Wildman–Crippen MR) is 259 cm³/mol. The first-order valence-corrected chi connectivity index (χ1v) is 22.3. The van der Waals surface area contributed by atoms with Gasteiger partial charge in [-0.05, 0) is 101 Å². The molecule has 0 spiro atoms. The van der Waals surface area contributed by atoms with Crippen LogP contribution in [0.3, 0.4) is 0 Å². The number of benzene rings is 8. The molecule has 2 unspecified atom stereocenters. The number of thiophene rings is 2. The van der Waals surface area contributed by atoms with Gasteiger partial charge in [-0.3, -0.25) is 0 Å². The summed E-state index contributed by atoms with van der Waals surface area (Å²) in [7, 11) is 0. The van der Waals surface area contributed by atoms with Gasteiger partial charge in [-0.2, -0.15) is 0 Å². The monoisotopic (exact) mass is 800 g/mol. The normalized spacial score (nSPS) is 16.1. The molecule has 8 aromatic carbocycles. The van der Waals surface area contributed by atoms with E-state index in [0.29, 0.717) is 11.8 Å². The summed E-state index contributed by atoms with van der Waals surface area (Å²) in [6.45, 7) is 0. The summed E-state index contributed by atoms with van der Waals surface area (Å²) in [4.78, 5) is 2.45.